The molecule has 2 fully saturated rings. The first kappa shape index (κ1) is 12.3. The van der Waals surface area contributed by atoms with Gasteiger partial charge in [0.1, 0.15) is 0 Å². The standard InChI is InChI=1S/C13H25NO2/c1-4-16-12-8-11(13(12)6-5-7-13)14-9-10(2)15-3/h10-12,14H,4-9H2,1-3H3. The molecule has 0 aromatic rings. The van der Waals surface area contributed by atoms with Crippen LogP contribution in [0, 0.1) is 5.41 Å². The van der Waals surface area contributed by atoms with Gasteiger partial charge in [0.05, 0.1) is 12.2 Å². The van der Waals surface area contributed by atoms with Gasteiger partial charge >= 0.3 is 0 Å². The summed E-state index contributed by atoms with van der Waals surface area (Å²) in [7, 11) is 1.77. The molecule has 94 valence electrons. The molecule has 2 aliphatic rings. The molecule has 2 saturated carbocycles. The summed E-state index contributed by atoms with van der Waals surface area (Å²) in [5, 5.41) is 3.65. The normalized spacial score (nSPS) is 33.2. The lowest BCUT2D eigenvalue weighted by Crippen LogP contribution is -2.67. The second kappa shape index (κ2) is 5.03. The minimum absolute atomic E-state index is 0.309. The molecular weight excluding hydrogens is 202 g/mol. The van der Waals surface area contributed by atoms with Crippen LogP contribution in [0.1, 0.15) is 39.5 Å². The summed E-state index contributed by atoms with van der Waals surface area (Å²) in [6, 6.07) is 0.662. The zero-order valence-electron chi connectivity index (χ0n) is 10.8. The van der Waals surface area contributed by atoms with E-state index in [2.05, 4.69) is 19.2 Å². The van der Waals surface area contributed by atoms with Crippen molar-refractivity contribution in [2.24, 2.45) is 5.41 Å². The SMILES string of the molecule is CCOC1CC(NCC(C)OC)C12CCC2. The van der Waals surface area contributed by atoms with Gasteiger partial charge in [-0.15, -0.1) is 0 Å². The van der Waals surface area contributed by atoms with Crippen LogP contribution in [0.15, 0.2) is 0 Å². The highest BCUT2D eigenvalue weighted by molar-refractivity contribution is 5.12. The molecule has 1 N–H and O–H groups in total. The summed E-state index contributed by atoms with van der Waals surface area (Å²) < 4.78 is 11.1. The Balaban J connectivity index is 1.79. The van der Waals surface area contributed by atoms with Crippen LogP contribution in [0.5, 0.6) is 0 Å². The molecule has 3 heteroatoms. The van der Waals surface area contributed by atoms with Crippen LogP contribution in [0.2, 0.25) is 0 Å². The van der Waals surface area contributed by atoms with Crippen molar-refractivity contribution >= 4 is 0 Å². The number of nitrogens with one attached hydrogen (secondary N) is 1. The van der Waals surface area contributed by atoms with Gasteiger partial charge in [-0.05, 0) is 33.1 Å². The molecule has 0 heterocycles. The number of methoxy groups -OCH3 is 1. The van der Waals surface area contributed by atoms with E-state index in [-0.39, 0.29) is 0 Å². The summed E-state index contributed by atoms with van der Waals surface area (Å²) in [6.07, 6.45) is 6.07. The molecule has 0 aromatic carbocycles. The van der Waals surface area contributed by atoms with Gasteiger partial charge in [-0.1, -0.05) is 6.42 Å². The number of hydrogen-bond acceptors (Lipinski definition) is 3. The first-order chi connectivity index (χ1) is 7.73. The first-order valence-corrected chi connectivity index (χ1v) is 6.60. The van der Waals surface area contributed by atoms with Gasteiger partial charge in [0, 0.05) is 31.7 Å². The molecule has 2 rings (SSSR count). The maximum atomic E-state index is 5.83. The highest BCUT2D eigenvalue weighted by atomic mass is 16.5. The summed E-state index contributed by atoms with van der Waals surface area (Å²) in [4.78, 5) is 0. The summed E-state index contributed by atoms with van der Waals surface area (Å²) in [6.45, 7) is 6.02. The fraction of sp³-hybridized carbons (Fsp3) is 1.00. The lowest BCUT2D eigenvalue weighted by atomic mass is 9.51. The van der Waals surface area contributed by atoms with Gasteiger partial charge < -0.3 is 14.8 Å². The second-order valence-electron chi connectivity index (χ2n) is 5.27. The molecule has 3 unspecified atom stereocenters. The summed E-state index contributed by atoms with van der Waals surface area (Å²) in [5.74, 6) is 0. The quantitative estimate of drug-likeness (QED) is 0.752. The van der Waals surface area contributed by atoms with Crippen LogP contribution in [0.3, 0.4) is 0 Å². The highest BCUT2D eigenvalue weighted by Gasteiger charge is 2.58. The van der Waals surface area contributed by atoms with Crippen LogP contribution >= 0.6 is 0 Å². The Labute approximate surface area is 98.9 Å². The molecule has 1 spiro atoms. The molecule has 0 radical (unpaired) electrons. The fourth-order valence-electron chi connectivity index (χ4n) is 3.12. The Morgan fingerprint density at radius 3 is 2.69 bits per heavy atom. The van der Waals surface area contributed by atoms with Crippen molar-refractivity contribution in [3.8, 4) is 0 Å². The maximum Gasteiger partial charge on any atom is 0.0667 e. The second-order valence-corrected chi connectivity index (χ2v) is 5.27. The lowest BCUT2D eigenvalue weighted by molar-refractivity contribution is -0.173. The Bertz CT molecular complexity index is 228. The fourth-order valence-corrected chi connectivity index (χ4v) is 3.12. The predicted molar refractivity (Wildman–Crippen MR) is 64.6 cm³/mol. The van der Waals surface area contributed by atoms with Crippen molar-refractivity contribution in [2.75, 3.05) is 20.3 Å². The molecule has 3 atom stereocenters. The van der Waals surface area contributed by atoms with E-state index < -0.39 is 0 Å². The third-order valence-corrected chi connectivity index (χ3v) is 4.49. The van der Waals surface area contributed by atoms with Crippen molar-refractivity contribution < 1.29 is 9.47 Å². The van der Waals surface area contributed by atoms with E-state index in [1.54, 1.807) is 7.11 Å². The van der Waals surface area contributed by atoms with E-state index in [0.717, 1.165) is 13.2 Å². The monoisotopic (exact) mass is 227 g/mol. The van der Waals surface area contributed by atoms with Gasteiger partial charge in [-0.3, -0.25) is 0 Å². The van der Waals surface area contributed by atoms with Gasteiger partial charge in [0.15, 0.2) is 0 Å². The smallest absolute Gasteiger partial charge is 0.0667 e. The van der Waals surface area contributed by atoms with E-state index in [1.807, 2.05) is 0 Å². The Kier molecular flexibility index (Phi) is 3.88. The molecule has 0 aliphatic heterocycles. The first-order valence-electron chi connectivity index (χ1n) is 6.60. The minimum Gasteiger partial charge on any atom is -0.380 e. The van der Waals surface area contributed by atoms with E-state index >= 15 is 0 Å². The lowest BCUT2D eigenvalue weighted by Gasteiger charge is -2.61. The van der Waals surface area contributed by atoms with Gasteiger partial charge in [-0.25, -0.2) is 0 Å². The minimum atomic E-state index is 0.309. The van der Waals surface area contributed by atoms with Gasteiger partial charge in [0.25, 0.3) is 0 Å². The van der Waals surface area contributed by atoms with E-state index in [4.69, 9.17) is 9.47 Å². The van der Waals surface area contributed by atoms with E-state index in [1.165, 1.54) is 25.7 Å². The average Bonchev–Trinajstić information content (AvgIpc) is 2.19. The molecule has 16 heavy (non-hydrogen) atoms. The molecule has 0 amide bonds. The zero-order valence-corrected chi connectivity index (χ0v) is 10.8. The topological polar surface area (TPSA) is 30.5 Å². The third-order valence-electron chi connectivity index (χ3n) is 4.49. The van der Waals surface area contributed by atoms with Gasteiger partial charge in [0.2, 0.25) is 0 Å². The molecular formula is C13H25NO2. The third kappa shape index (κ3) is 2.01. The Hall–Kier alpha value is -0.120. The highest BCUT2D eigenvalue weighted by Crippen LogP contribution is 2.57. The van der Waals surface area contributed by atoms with Gasteiger partial charge in [-0.2, -0.15) is 0 Å². The van der Waals surface area contributed by atoms with E-state index in [0.29, 0.717) is 23.7 Å². The average molecular weight is 227 g/mol. The summed E-state index contributed by atoms with van der Waals surface area (Å²) in [5.41, 5.74) is 0.476. The number of hydrogen-bond donors (Lipinski definition) is 1. The van der Waals surface area contributed by atoms with Crippen LogP contribution in [0.25, 0.3) is 0 Å². The molecule has 2 aliphatic carbocycles. The van der Waals surface area contributed by atoms with Crippen molar-refractivity contribution in [1.29, 1.82) is 0 Å². The van der Waals surface area contributed by atoms with E-state index in [9.17, 15) is 0 Å². The van der Waals surface area contributed by atoms with Crippen LogP contribution < -0.4 is 5.32 Å². The van der Waals surface area contributed by atoms with Crippen molar-refractivity contribution in [1.82, 2.24) is 5.32 Å². The summed E-state index contributed by atoms with van der Waals surface area (Å²) >= 11 is 0. The number of rotatable bonds is 6. The molecule has 0 bridgehead atoms. The Morgan fingerprint density at radius 2 is 2.19 bits per heavy atom. The maximum absolute atomic E-state index is 5.83. The largest absolute Gasteiger partial charge is 0.380 e. The van der Waals surface area contributed by atoms with Crippen LogP contribution in [-0.4, -0.2) is 38.5 Å². The van der Waals surface area contributed by atoms with Crippen LogP contribution in [-0.2, 0) is 9.47 Å². The molecule has 0 saturated heterocycles. The predicted octanol–water partition coefficient (Wildman–Crippen LogP) is 1.96. The number of ether oxygens (including phenoxy) is 2. The Morgan fingerprint density at radius 1 is 1.44 bits per heavy atom. The molecule has 3 nitrogen and oxygen atoms in total. The van der Waals surface area contributed by atoms with Crippen molar-refractivity contribution in [2.45, 2.75) is 57.8 Å². The van der Waals surface area contributed by atoms with Crippen molar-refractivity contribution in [3.63, 3.8) is 0 Å². The molecule has 0 aromatic heterocycles. The van der Waals surface area contributed by atoms with Crippen LogP contribution in [0.4, 0.5) is 0 Å². The zero-order chi connectivity index (χ0) is 11.6. The van der Waals surface area contributed by atoms with Crippen molar-refractivity contribution in [3.05, 3.63) is 0 Å².